The van der Waals surface area contributed by atoms with E-state index in [2.05, 4.69) is 10.3 Å². The summed E-state index contributed by atoms with van der Waals surface area (Å²) >= 11 is 0. The van der Waals surface area contributed by atoms with Crippen molar-refractivity contribution in [1.29, 1.82) is 0 Å². The van der Waals surface area contributed by atoms with Crippen molar-refractivity contribution >= 4 is 41.5 Å². The van der Waals surface area contributed by atoms with Crippen LogP contribution in [0, 0.1) is 0 Å². The zero-order valence-corrected chi connectivity index (χ0v) is 16.6. The van der Waals surface area contributed by atoms with Gasteiger partial charge in [-0.2, -0.15) is 0 Å². The molecule has 2 aromatic rings. The number of nitrogens with zero attached hydrogens (tertiary/aromatic N) is 3. The predicted octanol–water partition coefficient (Wildman–Crippen LogP) is 3.13. The standard InChI is InChI=1S/C17H22N4O2.HI/c1-20(2)17(21(3)4)18-12-13-7-9-14(10-8-13)19-16(22)15-6-5-11-23-15;/h5-11H,12H2,1-4H3,(H,19,22);1H. The number of carbonyl (C=O) groups excluding carboxylic acids is 1. The van der Waals surface area contributed by atoms with E-state index in [1.54, 1.807) is 12.1 Å². The van der Waals surface area contributed by atoms with Crippen molar-refractivity contribution in [2.45, 2.75) is 6.54 Å². The minimum absolute atomic E-state index is 0. The van der Waals surface area contributed by atoms with Crippen LogP contribution in [0.3, 0.4) is 0 Å². The third-order valence-electron chi connectivity index (χ3n) is 3.16. The fourth-order valence-electron chi connectivity index (χ4n) is 2.14. The Balaban J connectivity index is 0.00000288. The van der Waals surface area contributed by atoms with Gasteiger partial charge in [-0.1, -0.05) is 12.1 Å². The number of aliphatic imine (C=N–C) groups is 1. The summed E-state index contributed by atoms with van der Waals surface area (Å²) in [5.41, 5.74) is 1.79. The molecule has 0 aliphatic carbocycles. The number of rotatable bonds is 4. The van der Waals surface area contributed by atoms with Crippen LogP contribution in [0.1, 0.15) is 16.1 Å². The topological polar surface area (TPSA) is 61.1 Å². The molecule has 0 atom stereocenters. The van der Waals surface area contributed by atoms with Crippen LogP contribution in [0.15, 0.2) is 52.1 Å². The molecule has 2 rings (SSSR count). The third-order valence-corrected chi connectivity index (χ3v) is 3.16. The number of guanidine groups is 1. The number of nitrogens with one attached hydrogen (secondary N) is 1. The first-order valence-corrected chi connectivity index (χ1v) is 7.30. The van der Waals surface area contributed by atoms with Gasteiger partial charge in [0.1, 0.15) is 0 Å². The summed E-state index contributed by atoms with van der Waals surface area (Å²) in [6.45, 7) is 0.581. The lowest BCUT2D eigenvalue weighted by molar-refractivity contribution is 0.0996. The monoisotopic (exact) mass is 442 g/mol. The van der Waals surface area contributed by atoms with E-state index in [0.717, 1.165) is 17.2 Å². The van der Waals surface area contributed by atoms with Crippen molar-refractivity contribution in [2.24, 2.45) is 4.99 Å². The molecule has 0 fully saturated rings. The molecular formula is C17H23IN4O2. The fourth-order valence-corrected chi connectivity index (χ4v) is 2.14. The number of carbonyl (C=O) groups is 1. The van der Waals surface area contributed by atoms with Crippen molar-refractivity contribution in [3.8, 4) is 0 Å². The number of amides is 1. The lowest BCUT2D eigenvalue weighted by Gasteiger charge is -2.22. The number of hydrogen-bond acceptors (Lipinski definition) is 3. The predicted molar refractivity (Wildman–Crippen MR) is 107 cm³/mol. The number of furan rings is 1. The van der Waals surface area contributed by atoms with Crippen molar-refractivity contribution in [3.63, 3.8) is 0 Å². The molecule has 0 bridgehead atoms. The number of benzene rings is 1. The van der Waals surface area contributed by atoms with Gasteiger partial charge in [0.2, 0.25) is 0 Å². The van der Waals surface area contributed by atoms with Crippen LogP contribution in [0.5, 0.6) is 0 Å². The van der Waals surface area contributed by atoms with Gasteiger partial charge in [-0.25, -0.2) is 4.99 Å². The van der Waals surface area contributed by atoms with E-state index >= 15 is 0 Å². The van der Waals surface area contributed by atoms with E-state index in [1.807, 2.05) is 62.3 Å². The van der Waals surface area contributed by atoms with Gasteiger partial charge < -0.3 is 19.5 Å². The molecule has 0 saturated heterocycles. The molecule has 0 radical (unpaired) electrons. The summed E-state index contributed by atoms with van der Waals surface area (Å²) in [7, 11) is 7.86. The first-order valence-electron chi connectivity index (χ1n) is 7.30. The van der Waals surface area contributed by atoms with Gasteiger partial charge in [0, 0.05) is 33.9 Å². The van der Waals surface area contributed by atoms with Crippen molar-refractivity contribution in [3.05, 3.63) is 54.0 Å². The smallest absolute Gasteiger partial charge is 0.291 e. The summed E-state index contributed by atoms with van der Waals surface area (Å²) < 4.78 is 5.06. The van der Waals surface area contributed by atoms with Gasteiger partial charge in [0.15, 0.2) is 11.7 Å². The zero-order valence-electron chi connectivity index (χ0n) is 14.3. The average Bonchev–Trinajstić information content (AvgIpc) is 3.02. The van der Waals surface area contributed by atoms with Crippen molar-refractivity contribution < 1.29 is 9.21 Å². The van der Waals surface area contributed by atoms with Crippen LogP contribution in [0.25, 0.3) is 0 Å². The molecule has 1 aromatic heterocycles. The number of halogens is 1. The second kappa shape index (κ2) is 9.31. The molecule has 1 amide bonds. The summed E-state index contributed by atoms with van der Waals surface area (Å²) in [4.78, 5) is 20.4. The highest BCUT2D eigenvalue weighted by Gasteiger charge is 2.08. The van der Waals surface area contributed by atoms with Crippen LogP contribution in [0.4, 0.5) is 5.69 Å². The fraction of sp³-hybridized carbons (Fsp3) is 0.294. The quantitative estimate of drug-likeness (QED) is 0.449. The molecule has 0 aliphatic heterocycles. The Bertz CT molecular complexity index is 654. The van der Waals surface area contributed by atoms with E-state index < -0.39 is 0 Å². The van der Waals surface area contributed by atoms with Crippen molar-refractivity contribution in [2.75, 3.05) is 33.5 Å². The minimum Gasteiger partial charge on any atom is -0.459 e. The molecule has 24 heavy (non-hydrogen) atoms. The Hall–Kier alpha value is -2.03. The molecule has 0 spiro atoms. The molecular weight excluding hydrogens is 419 g/mol. The first-order chi connectivity index (χ1) is 11.0. The summed E-state index contributed by atoms with van der Waals surface area (Å²) in [6.07, 6.45) is 1.48. The molecule has 7 heteroatoms. The van der Waals surface area contributed by atoms with Crippen LogP contribution >= 0.6 is 24.0 Å². The van der Waals surface area contributed by atoms with Gasteiger partial charge in [-0.15, -0.1) is 24.0 Å². The van der Waals surface area contributed by atoms with E-state index in [9.17, 15) is 4.79 Å². The van der Waals surface area contributed by atoms with Crippen LogP contribution in [0.2, 0.25) is 0 Å². The lowest BCUT2D eigenvalue weighted by Crippen LogP contribution is -2.35. The summed E-state index contributed by atoms with van der Waals surface area (Å²) in [6, 6.07) is 10.9. The first kappa shape index (κ1) is 20.0. The van der Waals surface area contributed by atoms with Crippen LogP contribution in [-0.2, 0) is 6.54 Å². The highest BCUT2D eigenvalue weighted by atomic mass is 127. The largest absolute Gasteiger partial charge is 0.459 e. The molecule has 0 aliphatic rings. The minimum atomic E-state index is -0.261. The molecule has 0 saturated carbocycles. The highest BCUT2D eigenvalue weighted by molar-refractivity contribution is 14.0. The third kappa shape index (κ3) is 5.55. The Morgan fingerprint density at radius 3 is 2.21 bits per heavy atom. The maximum atomic E-state index is 11.9. The Kier molecular flexibility index (Phi) is 7.76. The van der Waals surface area contributed by atoms with Gasteiger partial charge in [0.25, 0.3) is 5.91 Å². The molecule has 6 nitrogen and oxygen atoms in total. The lowest BCUT2D eigenvalue weighted by atomic mass is 10.2. The summed E-state index contributed by atoms with van der Waals surface area (Å²) in [5.74, 6) is 0.934. The van der Waals surface area contributed by atoms with Crippen molar-refractivity contribution in [1.82, 2.24) is 9.80 Å². The molecule has 1 N–H and O–H groups in total. The Labute approximate surface area is 159 Å². The molecule has 1 heterocycles. The maximum absolute atomic E-state index is 11.9. The van der Waals surface area contributed by atoms with Gasteiger partial charge in [0.05, 0.1) is 12.8 Å². The Morgan fingerprint density at radius 2 is 1.71 bits per heavy atom. The molecule has 130 valence electrons. The Morgan fingerprint density at radius 1 is 1.08 bits per heavy atom. The second-order valence-electron chi connectivity index (χ2n) is 5.53. The van der Waals surface area contributed by atoms with E-state index in [1.165, 1.54) is 6.26 Å². The second-order valence-corrected chi connectivity index (χ2v) is 5.53. The van der Waals surface area contributed by atoms with E-state index in [-0.39, 0.29) is 29.9 Å². The van der Waals surface area contributed by atoms with E-state index in [4.69, 9.17) is 4.42 Å². The van der Waals surface area contributed by atoms with Gasteiger partial charge in [-0.3, -0.25) is 4.79 Å². The highest BCUT2D eigenvalue weighted by Crippen LogP contribution is 2.12. The van der Waals surface area contributed by atoms with Crippen LogP contribution in [-0.4, -0.2) is 49.9 Å². The SMILES string of the molecule is CN(C)C(=NCc1ccc(NC(=O)c2ccco2)cc1)N(C)C.I. The normalized spacial score (nSPS) is 9.67. The molecule has 1 aromatic carbocycles. The average molecular weight is 442 g/mol. The van der Waals surface area contributed by atoms with Gasteiger partial charge in [-0.05, 0) is 29.8 Å². The van der Waals surface area contributed by atoms with Crippen LogP contribution < -0.4 is 5.32 Å². The number of anilines is 1. The van der Waals surface area contributed by atoms with E-state index in [0.29, 0.717) is 12.3 Å². The molecule has 0 unspecified atom stereocenters. The summed E-state index contributed by atoms with van der Waals surface area (Å²) in [5, 5.41) is 2.79. The number of hydrogen-bond donors (Lipinski definition) is 1. The maximum Gasteiger partial charge on any atom is 0.291 e. The van der Waals surface area contributed by atoms with Gasteiger partial charge >= 0.3 is 0 Å². The zero-order chi connectivity index (χ0) is 16.8.